The maximum atomic E-state index is 12.4. The summed E-state index contributed by atoms with van der Waals surface area (Å²) in [5, 5.41) is 7.95. The Morgan fingerprint density at radius 3 is 2.86 bits per heavy atom. The summed E-state index contributed by atoms with van der Waals surface area (Å²) in [4.78, 5) is 13.7. The van der Waals surface area contributed by atoms with E-state index in [2.05, 4.69) is 17.6 Å². The number of fused-ring (bicyclic) bond motifs is 1. The van der Waals surface area contributed by atoms with Gasteiger partial charge in [-0.1, -0.05) is 6.92 Å². The van der Waals surface area contributed by atoms with Crippen molar-refractivity contribution in [3.05, 3.63) is 16.0 Å². The largest absolute Gasteiger partial charge is 0.462 e. The molecule has 1 heterocycles. The smallest absolute Gasteiger partial charge is 0.341 e. The molecular formula is C16H22N2O2S2. The molecule has 0 aliphatic heterocycles. The van der Waals surface area contributed by atoms with Gasteiger partial charge in [-0.2, -0.15) is 0 Å². The van der Waals surface area contributed by atoms with Crippen LogP contribution in [0.2, 0.25) is 0 Å². The van der Waals surface area contributed by atoms with Gasteiger partial charge in [-0.25, -0.2) is 4.79 Å². The molecule has 0 radical (unpaired) electrons. The monoisotopic (exact) mass is 338 g/mol. The molecule has 22 heavy (non-hydrogen) atoms. The summed E-state index contributed by atoms with van der Waals surface area (Å²) in [6.07, 6.45) is 5.46. The maximum Gasteiger partial charge on any atom is 0.341 e. The van der Waals surface area contributed by atoms with Crippen molar-refractivity contribution in [1.82, 2.24) is 5.32 Å². The van der Waals surface area contributed by atoms with Crippen LogP contribution in [-0.2, 0) is 17.6 Å². The van der Waals surface area contributed by atoms with Crippen LogP contribution in [0.15, 0.2) is 0 Å². The fourth-order valence-corrected chi connectivity index (χ4v) is 4.55. The lowest BCUT2D eigenvalue weighted by Gasteiger charge is -2.18. The van der Waals surface area contributed by atoms with E-state index in [1.54, 1.807) is 11.3 Å². The molecular weight excluding hydrogens is 316 g/mol. The fraction of sp³-hybridized carbons (Fsp3) is 0.625. The van der Waals surface area contributed by atoms with Gasteiger partial charge in [-0.05, 0) is 62.7 Å². The molecule has 1 aromatic rings. The molecule has 6 heteroatoms. The number of hydrogen-bond acceptors (Lipinski definition) is 4. The minimum absolute atomic E-state index is 0.230. The highest BCUT2D eigenvalue weighted by atomic mass is 32.1. The van der Waals surface area contributed by atoms with E-state index in [4.69, 9.17) is 17.0 Å². The molecule has 0 bridgehead atoms. The Kier molecular flexibility index (Phi) is 4.68. The first-order chi connectivity index (χ1) is 10.6. The van der Waals surface area contributed by atoms with E-state index in [-0.39, 0.29) is 5.97 Å². The molecule has 120 valence electrons. The Hall–Kier alpha value is -1.14. The predicted octanol–water partition coefficient (Wildman–Crippen LogP) is 3.50. The summed E-state index contributed by atoms with van der Waals surface area (Å²) in [6, 6.07) is 0.501. The molecule has 1 atom stereocenters. The first-order valence-electron chi connectivity index (χ1n) is 7.97. The van der Waals surface area contributed by atoms with Gasteiger partial charge in [0.25, 0.3) is 0 Å². The van der Waals surface area contributed by atoms with Crippen LogP contribution >= 0.6 is 23.6 Å². The third-order valence-electron chi connectivity index (χ3n) is 4.13. The van der Waals surface area contributed by atoms with Gasteiger partial charge in [0.15, 0.2) is 5.11 Å². The van der Waals surface area contributed by atoms with Crippen molar-refractivity contribution in [3.63, 3.8) is 0 Å². The Labute approximate surface area is 140 Å². The van der Waals surface area contributed by atoms with Crippen LogP contribution in [0, 0.1) is 5.92 Å². The number of esters is 1. The minimum Gasteiger partial charge on any atom is -0.462 e. The lowest BCUT2D eigenvalue weighted by atomic mass is 9.88. The second-order valence-electron chi connectivity index (χ2n) is 6.15. The Bertz CT molecular complexity index is 593. The van der Waals surface area contributed by atoms with Crippen molar-refractivity contribution in [1.29, 1.82) is 0 Å². The lowest BCUT2D eigenvalue weighted by Crippen LogP contribution is -2.30. The Balaban J connectivity index is 1.86. The second-order valence-corrected chi connectivity index (χ2v) is 7.66. The van der Waals surface area contributed by atoms with E-state index < -0.39 is 0 Å². The second kappa shape index (κ2) is 6.54. The van der Waals surface area contributed by atoms with Crippen molar-refractivity contribution in [2.45, 2.75) is 52.0 Å². The summed E-state index contributed by atoms with van der Waals surface area (Å²) in [7, 11) is 0. The van der Waals surface area contributed by atoms with Gasteiger partial charge in [0.1, 0.15) is 5.00 Å². The third kappa shape index (κ3) is 3.43. The molecule has 0 spiro atoms. The SMILES string of the molecule is CCOC(=O)c1c(NC(=S)NC2CC2)sc2c1CC[C@H](C)C2. The molecule has 2 aliphatic carbocycles. The highest BCUT2D eigenvalue weighted by Gasteiger charge is 2.29. The fourth-order valence-electron chi connectivity index (χ4n) is 2.81. The van der Waals surface area contributed by atoms with Gasteiger partial charge in [-0.3, -0.25) is 0 Å². The zero-order chi connectivity index (χ0) is 15.7. The van der Waals surface area contributed by atoms with Crippen molar-refractivity contribution in [2.75, 3.05) is 11.9 Å². The molecule has 0 amide bonds. The van der Waals surface area contributed by atoms with Crippen LogP contribution in [0.1, 0.15) is 53.9 Å². The standard InChI is InChI=1S/C16H22N2O2S2/c1-3-20-15(19)13-11-7-4-9(2)8-12(11)22-14(13)18-16(21)17-10-5-6-10/h9-10H,3-8H2,1-2H3,(H2,17,18,21)/t9-/m0/s1. The molecule has 0 aromatic carbocycles. The highest BCUT2D eigenvalue weighted by molar-refractivity contribution is 7.80. The lowest BCUT2D eigenvalue weighted by molar-refractivity contribution is 0.0526. The number of hydrogen-bond donors (Lipinski definition) is 2. The Morgan fingerprint density at radius 1 is 1.41 bits per heavy atom. The molecule has 2 N–H and O–H groups in total. The van der Waals surface area contributed by atoms with Crippen LogP contribution < -0.4 is 10.6 Å². The van der Waals surface area contributed by atoms with E-state index in [9.17, 15) is 4.79 Å². The van der Waals surface area contributed by atoms with Crippen molar-refractivity contribution in [2.24, 2.45) is 5.92 Å². The van der Waals surface area contributed by atoms with Crippen LogP contribution in [0.25, 0.3) is 0 Å². The van der Waals surface area contributed by atoms with E-state index >= 15 is 0 Å². The summed E-state index contributed by atoms with van der Waals surface area (Å²) in [5.41, 5.74) is 1.87. The number of rotatable bonds is 4. The van der Waals surface area contributed by atoms with Crippen LogP contribution in [-0.4, -0.2) is 23.7 Å². The van der Waals surface area contributed by atoms with E-state index in [1.807, 2.05) is 6.92 Å². The molecule has 0 saturated heterocycles. The van der Waals surface area contributed by atoms with Crippen LogP contribution in [0.5, 0.6) is 0 Å². The van der Waals surface area contributed by atoms with Gasteiger partial charge in [0.2, 0.25) is 0 Å². The highest BCUT2D eigenvalue weighted by Crippen LogP contribution is 2.40. The molecule has 0 unspecified atom stereocenters. The molecule has 4 nitrogen and oxygen atoms in total. The number of thiophene rings is 1. The molecule has 1 aromatic heterocycles. The van der Waals surface area contributed by atoms with E-state index in [1.165, 1.54) is 23.3 Å². The van der Waals surface area contributed by atoms with Crippen molar-refractivity contribution >= 4 is 39.6 Å². The summed E-state index contributed by atoms with van der Waals surface area (Å²) in [5.74, 6) is 0.442. The quantitative estimate of drug-likeness (QED) is 0.650. The average molecular weight is 338 g/mol. The van der Waals surface area contributed by atoms with Crippen LogP contribution in [0.3, 0.4) is 0 Å². The predicted molar refractivity (Wildman–Crippen MR) is 93.8 cm³/mol. The normalized spacial score (nSPS) is 20.2. The average Bonchev–Trinajstić information content (AvgIpc) is 3.18. The summed E-state index contributed by atoms with van der Waals surface area (Å²) >= 11 is 7.02. The zero-order valence-corrected chi connectivity index (χ0v) is 14.7. The van der Waals surface area contributed by atoms with Crippen molar-refractivity contribution in [3.8, 4) is 0 Å². The topological polar surface area (TPSA) is 50.4 Å². The first kappa shape index (κ1) is 15.7. The number of thiocarbonyl (C=S) groups is 1. The number of anilines is 1. The number of carbonyl (C=O) groups excluding carboxylic acids is 1. The molecule has 1 saturated carbocycles. The number of carbonyl (C=O) groups is 1. The van der Waals surface area contributed by atoms with Crippen LogP contribution in [0.4, 0.5) is 5.00 Å². The van der Waals surface area contributed by atoms with Gasteiger partial charge in [-0.15, -0.1) is 11.3 Å². The first-order valence-corrected chi connectivity index (χ1v) is 9.20. The van der Waals surface area contributed by atoms with Gasteiger partial charge in [0, 0.05) is 10.9 Å². The zero-order valence-electron chi connectivity index (χ0n) is 13.0. The summed E-state index contributed by atoms with van der Waals surface area (Å²) < 4.78 is 5.26. The van der Waals surface area contributed by atoms with E-state index in [0.717, 1.165) is 24.3 Å². The van der Waals surface area contributed by atoms with Gasteiger partial charge < -0.3 is 15.4 Å². The number of nitrogens with one attached hydrogen (secondary N) is 2. The van der Waals surface area contributed by atoms with Gasteiger partial charge in [0.05, 0.1) is 12.2 Å². The summed E-state index contributed by atoms with van der Waals surface area (Å²) in [6.45, 7) is 4.49. The van der Waals surface area contributed by atoms with E-state index in [0.29, 0.717) is 29.2 Å². The minimum atomic E-state index is -0.230. The maximum absolute atomic E-state index is 12.4. The molecule has 2 aliphatic rings. The third-order valence-corrected chi connectivity index (χ3v) is 5.52. The van der Waals surface area contributed by atoms with Crippen molar-refractivity contribution < 1.29 is 9.53 Å². The van der Waals surface area contributed by atoms with Gasteiger partial charge >= 0.3 is 5.97 Å². The number of ether oxygens (including phenoxy) is 1. The Morgan fingerprint density at radius 2 is 2.18 bits per heavy atom. The molecule has 1 fully saturated rings. The molecule has 3 rings (SSSR count).